The quantitative estimate of drug-likeness (QED) is 0.419. The van der Waals surface area contributed by atoms with Gasteiger partial charge in [0, 0.05) is 36.3 Å². The van der Waals surface area contributed by atoms with Gasteiger partial charge in [0.1, 0.15) is 6.04 Å². The smallest absolute Gasteiger partial charge is 0.395 e. The van der Waals surface area contributed by atoms with E-state index in [4.69, 9.17) is 9.47 Å². The first-order valence-corrected chi connectivity index (χ1v) is 14.7. The molecule has 3 saturated heterocycles. The Morgan fingerprint density at radius 3 is 2.44 bits per heavy atom. The number of ether oxygens (including phenoxy) is 2. The lowest BCUT2D eigenvalue weighted by molar-refractivity contribution is -0.276. The Labute approximate surface area is 248 Å². The summed E-state index contributed by atoms with van der Waals surface area (Å²) in [5.74, 6) is -2.75. The highest BCUT2D eigenvalue weighted by Crippen LogP contribution is 2.42. The van der Waals surface area contributed by atoms with Gasteiger partial charge in [-0.15, -0.1) is 0 Å². The lowest BCUT2D eigenvalue weighted by Gasteiger charge is -2.43. The van der Waals surface area contributed by atoms with Crippen LogP contribution in [0.2, 0.25) is 0 Å². The number of carbonyl (C=O) groups is 2. The fraction of sp³-hybridized carbons (Fsp3) is 0.548. The summed E-state index contributed by atoms with van der Waals surface area (Å²) in [7, 11) is 0. The highest BCUT2D eigenvalue weighted by atomic mass is 19.4. The predicted molar refractivity (Wildman–Crippen MR) is 151 cm³/mol. The van der Waals surface area contributed by atoms with E-state index >= 15 is 0 Å². The average Bonchev–Trinajstić information content (AvgIpc) is 3.67. The molecule has 3 N–H and O–H groups in total. The van der Waals surface area contributed by atoms with Gasteiger partial charge < -0.3 is 29.9 Å². The lowest BCUT2D eigenvalue weighted by Crippen LogP contribution is -2.48. The summed E-state index contributed by atoms with van der Waals surface area (Å²) in [5, 5.41) is 22.0. The molecule has 3 aliphatic heterocycles. The fourth-order valence-corrected chi connectivity index (χ4v) is 6.34. The zero-order chi connectivity index (χ0) is 30.7. The standard InChI is InChI=1S/C31H38F3N3O6/c1-19-26(16-36-13-3-7-24(36)18-39)42-29(43-27(19)21-11-9-20(17-38)10-12-21)22-5-2-6-23(15-22)35-28(40)25-8-4-14-37(25)30(41)31(32,33)34/h2,5-6,9-12,15,19,24-27,29,38-39H,3-4,7-8,13-14,16-18H2,1H3,(H,35,40)/t19-,24-,25-,26+,27+,29+/m0/s1. The van der Waals surface area contributed by atoms with Crippen LogP contribution in [0.15, 0.2) is 48.5 Å². The molecular formula is C31H38F3N3O6. The number of halogens is 3. The van der Waals surface area contributed by atoms with Crippen LogP contribution in [0.3, 0.4) is 0 Å². The first kappa shape index (κ1) is 31.4. The number of hydrogen-bond acceptors (Lipinski definition) is 7. The fourth-order valence-electron chi connectivity index (χ4n) is 6.34. The van der Waals surface area contributed by atoms with E-state index in [1.807, 2.05) is 24.3 Å². The van der Waals surface area contributed by atoms with Gasteiger partial charge in [0.25, 0.3) is 0 Å². The third kappa shape index (κ3) is 7.04. The van der Waals surface area contributed by atoms with E-state index in [0.717, 1.165) is 30.5 Å². The molecule has 0 aliphatic carbocycles. The number of rotatable bonds is 8. The number of nitrogens with one attached hydrogen (secondary N) is 1. The number of amides is 2. The topological polar surface area (TPSA) is 112 Å². The maximum Gasteiger partial charge on any atom is 0.471 e. The van der Waals surface area contributed by atoms with Crippen LogP contribution in [0.25, 0.3) is 0 Å². The molecule has 3 fully saturated rings. The van der Waals surface area contributed by atoms with Crippen LogP contribution in [-0.2, 0) is 25.7 Å². The van der Waals surface area contributed by atoms with Crippen LogP contribution in [-0.4, -0.2) is 82.4 Å². The van der Waals surface area contributed by atoms with Crippen molar-refractivity contribution in [3.05, 3.63) is 65.2 Å². The van der Waals surface area contributed by atoms with Gasteiger partial charge >= 0.3 is 12.1 Å². The van der Waals surface area contributed by atoms with E-state index in [2.05, 4.69) is 17.1 Å². The number of likely N-dealkylation sites (tertiary alicyclic amines) is 2. The second-order valence-corrected chi connectivity index (χ2v) is 11.6. The van der Waals surface area contributed by atoms with Gasteiger partial charge in [0.2, 0.25) is 5.91 Å². The maximum absolute atomic E-state index is 13.1. The van der Waals surface area contributed by atoms with E-state index in [-0.39, 0.29) is 50.3 Å². The molecule has 3 heterocycles. The summed E-state index contributed by atoms with van der Waals surface area (Å²) < 4.78 is 52.2. The molecule has 2 aromatic carbocycles. The van der Waals surface area contributed by atoms with Crippen LogP contribution >= 0.6 is 0 Å². The van der Waals surface area contributed by atoms with Gasteiger partial charge in [0.05, 0.1) is 25.4 Å². The Bertz CT molecular complexity index is 1280. The van der Waals surface area contributed by atoms with Crippen molar-refractivity contribution in [3.8, 4) is 0 Å². The first-order valence-electron chi connectivity index (χ1n) is 14.7. The maximum atomic E-state index is 13.1. The van der Waals surface area contributed by atoms with Crippen LogP contribution in [0, 0.1) is 5.92 Å². The van der Waals surface area contributed by atoms with Crippen molar-refractivity contribution >= 4 is 17.5 Å². The van der Waals surface area contributed by atoms with Crippen molar-refractivity contribution in [1.82, 2.24) is 9.80 Å². The molecule has 43 heavy (non-hydrogen) atoms. The summed E-state index contributed by atoms with van der Waals surface area (Å²) >= 11 is 0. The zero-order valence-electron chi connectivity index (χ0n) is 24.0. The molecule has 0 bridgehead atoms. The highest BCUT2D eigenvalue weighted by Gasteiger charge is 2.48. The Balaban J connectivity index is 1.36. The average molecular weight is 606 g/mol. The second kappa shape index (κ2) is 13.3. The minimum Gasteiger partial charge on any atom is -0.395 e. The molecule has 6 atom stereocenters. The summed E-state index contributed by atoms with van der Waals surface area (Å²) in [4.78, 5) is 27.7. The third-order valence-corrected chi connectivity index (χ3v) is 8.73. The molecule has 0 unspecified atom stereocenters. The second-order valence-electron chi connectivity index (χ2n) is 11.6. The molecular weight excluding hydrogens is 567 g/mol. The molecule has 9 nitrogen and oxygen atoms in total. The Morgan fingerprint density at radius 2 is 1.74 bits per heavy atom. The largest absolute Gasteiger partial charge is 0.471 e. The van der Waals surface area contributed by atoms with E-state index in [1.54, 1.807) is 24.3 Å². The Kier molecular flexibility index (Phi) is 9.72. The van der Waals surface area contributed by atoms with Crippen LogP contribution in [0.5, 0.6) is 0 Å². The molecule has 0 saturated carbocycles. The van der Waals surface area contributed by atoms with Gasteiger partial charge in [-0.3, -0.25) is 14.5 Å². The number of hydrogen-bond donors (Lipinski definition) is 3. The summed E-state index contributed by atoms with van der Waals surface area (Å²) in [6.07, 6.45) is -4.12. The number of alkyl halides is 3. The molecule has 5 rings (SSSR count). The molecule has 2 aromatic rings. The molecule has 0 radical (unpaired) electrons. The molecule has 0 aromatic heterocycles. The van der Waals surface area contributed by atoms with Crippen molar-refractivity contribution in [2.24, 2.45) is 5.92 Å². The summed E-state index contributed by atoms with van der Waals surface area (Å²) in [6, 6.07) is 13.2. The number of aliphatic hydroxyl groups excluding tert-OH is 2. The highest BCUT2D eigenvalue weighted by molar-refractivity contribution is 5.98. The predicted octanol–water partition coefficient (Wildman–Crippen LogP) is 3.92. The molecule has 0 spiro atoms. The monoisotopic (exact) mass is 605 g/mol. The Hall–Kier alpha value is -3.03. The number of nitrogens with zero attached hydrogens (tertiary/aromatic N) is 2. The summed E-state index contributed by atoms with van der Waals surface area (Å²) in [6.45, 7) is 3.38. The van der Waals surface area contributed by atoms with Crippen molar-refractivity contribution in [2.75, 3.05) is 31.6 Å². The number of anilines is 1. The number of benzene rings is 2. The van der Waals surface area contributed by atoms with Gasteiger partial charge in [-0.1, -0.05) is 43.3 Å². The SMILES string of the molecule is C[C@H]1[C@@H](CN2CCC[C@H]2CO)O[C@@H](c2cccc(NC(=O)[C@@H]3CCCN3C(=O)C(F)(F)F)c2)O[C@H]1c1ccc(CO)cc1. The van der Waals surface area contributed by atoms with Gasteiger partial charge in [-0.25, -0.2) is 0 Å². The molecule has 12 heteroatoms. The van der Waals surface area contributed by atoms with Crippen LogP contribution in [0.4, 0.5) is 18.9 Å². The minimum absolute atomic E-state index is 0.0569. The van der Waals surface area contributed by atoms with E-state index < -0.39 is 30.3 Å². The first-order chi connectivity index (χ1) is 20.6. The van der Waals surface area contributed by atoms with Gasteiger partial charge in [0.15, 0.2) is 6.29 Å². The van der Waals surface area contributed by atoms with E-state index in [9.17, 15) is 33.0 Å². The zero-order valence-corrected chi connectivity index (χ0v) is 24.0. The van der Waals surface area contributed by atoms with Crippen molar-refractivity contribution in [1.29, 1.82) is 0 Å². The van der Waals surface area contributed by atoms with Crippen molar-refractivity contribution in [2.45, 2.75) is 76.0 Å². The van der Waals surface area contributed by atoms with E-state index in [1.165, 1.54) is 0 Å². The normalized spacial score (nSPS) is 28.3. The minimum atomic E-state index is -5.05. The van der Waals surface area contributed by atoms with E-state index in [0.29, 0.717) is 29.1 Å². The summed E-state index contributed by atoms with van der Waals surface area (Å²) in [5.41, 5.74) is 2.66. The molecule has 3 aliphatic rings. The van der Waals surface area contributed by atoms with Gasteiger partial charge in [-0.2, -0.15) is 13.2 Å². The molecule has 234 valence electrons. The number of carbonyl (C=O) groups excluding carboxylic acids is 2. The molecule has 2 amide bonds. The van der Waals surface area contributed by atoms with Gasteiger partial charge in [-0.05, 0) is 55.5 Å². The van der Waals surface area contributed by atoms with Crippen LogP contribution in [0.1, 0.15) is 61.7 Å². The Morgan fingerprint density at radius 1 is 1.00 bits per heavy atom. The third-order valence-electron chi connectivity index (χ3n) is 8.73. The van der Waals surface area contributed by atoms with Crippen molar-refractivity contribution in [3.63, 3.8) is 0 Å². The lowest BCUT2D eigenvalue weighted by atomic mass is 9.90. The van der Waals surface area contributed by atoms with Crippen LogP contribution < -0.4 is 5.32 Å². The van der Waals surface area contributed by atoms with Crippen molar-refractivity contribution < 1.29 is 42.4 Å². The number of aliphatic hydroxyl groups is 2.